The van der Waals surface area contributed by atoms with E-state index >= 15 is 0 Å². The molecular weight excluding hydrogens is 340 g/mol. The average Bonchev–Trinajstić information content (AvgIpc) is 3.10. The summed E-state index contributed by atoms with van der Waals surface area (Å²) in [5.74, 6) is 0.456. The van der Waals surface area contributed by atoms with E-state index < -0.39 is 0 Å². The van der Waals surface area contributed by atoms with Gasteiger partial charge in [-0.1, -0.05) is 37.3 Å². The van der Waals surface area contributed by atoms with Crippen molar-refractivity contribution in [3.63, 3.8) is 0 Å². The molecule has 1 N–H and O–H groups in total. The molecule has 0 aliphatic carbocycles. The fourth-order valence-electron chi connectivity index (χ4n) is 3.83. The number of rotatable bonds is 4. The first-order chi connectivity index (χ1) is 13.2. The van der Waals surface area contributed by atoms with Crippen LogP contribution in [0.4, 0.5) is 5.69 Å². The second kappa shape index (κ2) is 7.43. The van der Waals surface area contributed by atoms with Gasteiger partial charge in [-0.05, 0) is 30.2 Å². The molecule has 0 spiro atoms. The van der Waals surface area contributed by atoms with Gasteiger partial charge >= 0.3 is 0 Å². The van der Waals surface area contributed by atoms with Gasteiger partial charge in [0.05, 0.1) is 18.6 Å². The van der Waals surface area contributed by atoms with E-state index in [1.54, 1.807) is 4.90 Å². The average molecular weight is 364 g/mol. The molecule has 1 saturated heterocycles. The topological polar surface area (TPSA) is 58.6 Å². The first kappa shape index (κ1) is 17.6. The highest BCUT2D eigenvalue weighted by molar-refractivity contribution is 6.00. The minimum absolute atomic E-state index is 0.00627. The Morgan fingerprint density at radius 2 is 1.96 bits per heavy atom. The number of carbonyl (C=O) groups excluding carboxylic acids is 2. The highest BCUT2D eigenvalue weighted by Gasteiger charge is 2.36. The molecule has 0 saturated carbocycles. The minimum Gasteiger partial charge on any atom is -0.493 e. The fraction of sp³-hybridized carbons (Fsp3) is 0.364. The summed E-state index contributed by atoms with van der Waals surface area (Å²) in [4.78, 5) is 27.0. The Labute approximate surface area is 159 Å². The molecule has 5 nitrogen and oxygen atoms in total. The summed E-state index contributed by atoms with van der Waals surface area (Å²) < 4.78 is 5.66. The number of hydrogen-bond donors (Lipinski definition) is 1. The van der Waals surface area contributed by atoms with Crippen LogP contribution < -0.4 is 15.0 Å². The van der Waals surface area contributed by atoms with Crippen LogP contribution in [0.5, 0.6) is 5.75 Å². The van der Waals surface area contributed by atoms with Gasteiger partial charge in [0.2, 0.25) is 11.8 Å². The Bertz CT molecular complexity index is 847. The molecule has 0 unspecified atom stereocenters. The molecule has 1 fully saturated rings. The summed E-state index contributed by atoms with van der Waals surface area (Å²) in [7, 11) is 0. The monoisotopic (exact) mass is 364 g/mol. The van der Waals surface area contributed by atoms with Crippen molar-refractivity contribution in [2.75, 3.05) is 18.1 Å². The molecule has 2 aliphatic rings. The van der Waals surface area contributed by atoms with Gasteiger partial charge in [0.15, 0.2) is 0 Å². The van der Waals surface area contributed by atoms with Crippen molar-refractivity contribution in [3.05, 3.63) is 59.7 Å². The zero-order valence-corrected chi connectivity index (χ0v) is 15.5. The van der Waals surface area contributed by atoms with Crippen molar-refractivity contribution < 1.29 is 14.3 Å². The number of aryl methyl sites for hydroxylation is 1. The number of nitrogens with one attached hydrogen (secondary N) is 1. The van der Waals surface area contributed by atoms with Gasteiger partial charge in [-0.3, -0.25) is 9.59 Å². The maximum absolute atomic E-state index is 12.8. The van der Waals surface area contributed by atoms with E-state index in [9.17, 15) is 9.59 Å². The Kier molecular flexibility index (Phi) is 4.84. The van der Waals surface area contributed by atoms with Crippen molar-refractivity contribution in [2.24, 2.45) is 5.92 Å². The Morgan fingerprint density at radius 1 is 1.19 bits per heavy atom. The van der Waals surface area contributed by atoms with Crippen molar-refractivity contribution in [2.45, 2.75) is 32.2 Å². The predicted molar refractivity (Wildman–Crippen MR) is 104 cm³/mol. The summed E-state index contributed by atoms with van der Waals surface area (Å²) >= 11 is 0. The molecule has 5 heteroatoms. The number of benzene rings is 2. The molecule has 2 heterocycles. The quantitative estimate of drug-likeness (QED) is 0.906. The van der Waals surface area contributed by atoms with Crippen LogP contribution in [0.2, 0.25) is 0 Å². The van der Waals surface area contributed by atoms with E-state index in [2.05, 4.69) is 12.2 Å². The second-order valence-electron chi connectivity index (χ2n) is 7.16. The van der Waals surface area contributed by atoms with Crippen LogP contribution in [0.1, 0.15) is 36.9 Å². The molecule has 2 aromatic rings. The molecular formula is C22H24N2O3. The van der Waals surface area contributed by atoms with Crippen molar-refractivity contribution >= 4 is 17.5 Å². The lowest BCUT2D eigenvalue weighted by Gasteiger charge is -2.27. The van der Waals surface area contributed by atoms with Crippen LogP contribution in [0.25, 0.3) is 0 Å². The number of amides is 2. The summed E-state index contributed by atoms with van der Waals surface area (Å²) in [5, 5.41) is 3.13. The molecule has 2 aromatic carbocycles. The predicted octanol–water partition coefficient (Wildman–Crippen LogP) is 3.24. The van der Waals surface area contributed by atoms with E-state index in [4.69, 9.17) is 4.74 Å². The number of para-hydroxylation sites is 1. The van der Waals surface area contributed by atoms with Crippen molar-refractivity contribution in [1.82, 2.24) is 5.32 Å². The first-order valence-electron chi connectivity index (χ1n) is 9.57. The fourth-order valence-corrected chi connectivity index (χ4v) is 3.83. The molecule has 0 bridgehead atoms. The molecule has 0 radical (unpaired) electrons. The third kappa shape index (κ3) is 3.54. The van der Waals surface area contributed by atoms with Crippen LogP contribution >= 0.6 is 0 Å². The van der Waals surface area contributed by atoms with Gasteiger partial charge in [0.1, 0.15) is 5.75 Å². The van der Waals surface area contributed by atoms with E-state index in [1.165, 1.54) is 5.56 Å². The molecule has 0 aromatic heterocycles. The standard InChI is InChI=1S/C22H24N2O3/c1-2-15-7-9-17(10-8-15)24-14-16(13-21(24)25)22(26)23-19-11-12-27-20-6-4-3-5-18(19)20/h3-10,16,19H,2,11-14H2,1H3,(H,23,26)/t16-,19-/m0/s1. The van der Waals surface area contributed by atoms with Crippen LogP contribution in [0.15, 0.2) is 48.5 Å². The lowest BCUT2D eigenvalue weighted by Crippen LogP contribution is -2.37. The van der Waals surface area contributed by atoms with Gasteiger partial charge in [-0.2, -0.15) is 0 Å². The number of anilines is 1. The molecule has 4 rings (SSSR count). The van der Waals surface area contributed by atoms with Gasteiger partial charge in [0, 0.05) is 30.6 Å². The molecule has 140 valence electrons. The second-order valence-corrected chi connectivity index (χ2v) is 7.16. The lowest BCUT2D eigenvalue weighted by molar-refractivity contribution is -0.127. The molecule has 2 aliphatic heterocycles. The SMILES string of the molecule is CCc1ccc(N2C[C@@H](C(=O)N[C@H]3CCOc4ccccc43)CC2=O)cc1. The third-order valence-electron chi connectivity index (χ3n) is 5.43. The van der Waals surface area contributed by atoms with Gasteiger partial charge in [-0.25, -0.2) is 0 Å². The van der Waals surface area contributed by atoms with E-state index in [0.29, 0.717) is 13.2 Å². The van der Waals surface area contributed by atoms with Gasteiger partial charge in [0.25, 0.3) is 0 Å². The molecule has 2 atom stereocenters. The normalized spacial score (nSPS) is 21.5. The summed E-state index contributed by atoms with van der Waals surface area (Å²) in [6, 6.07) is 15.7. The van der Waals surface area contributed by atoms with Crippen LogP contribution in [-0.2, 0) is 16.0 Å². The summed E-state index contributed by atoms with van der Waals surface area (Å²) in [6.45, 7) is 3.12. The van der Waals surface area contributed by atoms with E-state index in [1.807, 2.05) is 48.5 Å². The largest absolute Gasteiger partial charge is 0.493 e. The lowest BCUT2D eigenvalue weighted by atomic mass is 9.99. The zero-order chi connectivity index (χ0) is 18.8. The smallest absolute Gasteiger partial charge is 0.227 e. The number of nitrogens with zero attached hydrogens (tertiary/aromatic N) is 1. The van der Waals surface area contributed by atoms with Gasteiger partial charge < -0.3 is 15.0 Å². The maximum atomic E-state index is 12.8. The number of carbonyl (C=O) groups is 2. The van der Waals surface area contributed by atoms with Crippen molar-refractivity contribution in [1.29, 1.82) is 0 Å². The summed E-state index contributed by atoms with van der Waals surface area (Å²) in [6.07, 6.45) is 1.96. The number of ether oxygens (including phenoxy) is 1. The van der Waals surface area contributed by atoms with Gasteiger partial charge in [-0.15, -0.1) is 0 Å². The van der Waals surface area contributed by atoms with E-state index in [0.717, 1.165) is 29.8 Å². The minimum atomic E-state index is -0.321. The Balaban J connectivity index is 1.44. The molecule has 2 amide bonds. The Hall–Kier alpha value is -2.82. The van der Waals surface area contributed by atoms with E-state index in [-0.39, 0.29) is 30.2 Å². The zero-order valence-electron chi connectivity index (χ0n) is 15.5. The highest BCUT2D eigenvalue weighted by atomic mass is 16.5. The van der Waals surface area contributed by atoms with Crippen LogP contribution in [0, 0.1) is 5.92 Å². The number of fused-ring (bicyclic) bond motifs is 1. The third-order valence-corrected chi connectivity index (χ3v) is 5.43. The first-order valence-corrected chi connectivity index (χ1v) is 9.57. The van der Waals surface area contributed by atoms with Crippen molar-refractivity contribution in [3.8, 4) is 5.75 Å². The van der Waals surface area contributed by atoms with Crippen LogP contribution in [0.3, 0.4) is 0 Å². The summed E-state index contributed by atoms with van der Waals surface area (Å²) in [5.41, 5.74) is 3.11. The Morgan fingerprint density at radius 3 is 2.74 bits per heavy atom. The highest BCUT2D eigenvalue weighted by Crippen LogP contribution is 2.32. The van der Waals surface area contributed by atoms with Crippen LogP contribution in [-0.4, -0.2) is 25.0 Å². The maximum Gasteiger partial charge on any atom is 0.227 e. The molecule has 27 heavy (non-hydrogen) atoms. The number of hydrogen-bond acceptors (Lipinski definition) is 3.